The first-order chi connectivity index (χ1) is 17.0. The van der Waals surface area contributed by atoms with Gasteiger partial charge in [-0.05, 0) is 43.3 Å². The summed E-state index contributed by atoms with van der Waals surface area (Å²) >= 11 is 0. The molecule has 2 aromatic heterocycles. The van der Waals surface area contributed by atoms with E-state index in [-0.39, 0.29) is 42.6 Å². The van der Waals surface area contributed by atoms with E-state index >= 15 is 0 Å². The molecular weight excluding hydrogens is 501 g/mol. The summed E-state index contributed by atoms with van der Waals surface area (Å²) in [5, 5.41) is 0.105. The molecule has 0 N–H and O–H groups in total. The summed E-state index contributed by atoms with van der Waals surface area (Å²) in [6, 6.07) is 4.19. The van der Waals surface area contributed by atoms with Crippen molar-refractivity contribution in [2.75, 3.05) is 19.7 Å². The molecule has 0 bridgehead atoms. The lowest BCUT2D eigenvalue weighted by atomic mass is 10.0. The van der Waals surface area contributed by atoms with Gasteiger partial charge in [0.15, 0.2) is 0 Å². The van der Waals surface area contributed by atoms with E-state index in [2.05, 4.69) is 0 Å². The van der Waals surface area contributed by atoms with Crippen LogP contribution in [-0.4, -0.2) is 54.8 Å². The summed E-state index contributed by atoms with van der Waals surface area (Å²) in [6.07, 6.45) is -2.80. The lowest BCUT2D eigenvalue weighted by Gasteiger charge is -2.16. The predicted molar refractivity (Wildman–Crippen MR) is 126 cm³/mol. The Morgan fingerprint density at radius 3 is 2.58 bits per heavy atom. The van der Waals surface area contributed by atoms with Crippen LogP contribution in [0, 0.1) is 5.82 Å². The number of benzene rings is 1. The Labute approximate surface area is 205 Å². The van der Waals surface area contributed by atoms with Crippen molar-refractivity contribution in [3.63, 3.8) is 0 Å². The molecule has 1 radical (unpaired) electrons. The zero-order valence-electron chi connectivity index (χ0n) is 19.7. The highest BCUT2D eigenvalue weighted by Crippen LogP contribution is 2.36. The Balaban J connectivity index is 1.80. The van der Waals surface area contributed by atoms with Gasteiger partial charge in [0.2, 0.25) is 14.9 Å². The Morgan fingerprint density at radius 2 is 1.94 bits per heavy atom. The minimum atomic E-state index is -4.91. The number of fused-ring (bicyclic) bond motifs is 1. The molecule has 12 heteroatoms. The number of amides is 1. The molecule has 0 saturated carbocycles. The third kappa shape index (κ3) is 5.38. The predicted octanol–water partition coefficient (Wildman–Crippen LogP) is 4.47. The van der Waals surface area contributed by atoms with Crippen molar-refractivity contribution in [2.45, 2.75) is 45.0 Å². The molecule has 1 saturated heterocycles. The standard InChI is InChI=1S/C24H25F5N3O3Si/c1-36(2)35-10-9-30-13-17(15-3-4-19(26)18(11-15)24(27,28)29)22-20(30)6-8-32(23(22)34)14-21(33)31-7-5-16(25)12-31/h3-4,6,8,11,13,16H,5,7,9-10,12,14H2,1-2H3. The number of rotatable bonds is 7. The molecule has 1 aliphatic rings. The number of pyridine rings is 1. The van der Waals surface area contributed by atoms with Crippen LogP contribution in [0.4, 0.5) is 22.0 Å². The van der Waals surface area contributed by atoms with Crippen molar-refractivity contribution in [1.29, 1.82) is 0 Å². The molecule has 1 aromatic carbocycles. The molecule has 0 aliphatic carbocycles. The number of nitrogens with zero attached hydrogens (tertiary/aromatic N) is 3. The number of hydrogen-bond donors (Lipinski definition) is 0. The number of carbonyl (C=O) groups excluding carboxylic acids is 1. The van der Waals surface area contributed by atoms with Crippen LogP contribution in [0.3, 0.4) is 0 Å². The summed E-state index contributed by atoms with van der Waals surface area (Å²) < 4.78 is 76.1. The first-order valence-corrected chi connectivity index (χ1v) is 13.8. The van der Waals surface area contributed by atoms with Crippen LogP contribution in [0.25, 0.3) is 22.0 Å². The van der Waals surface area contributed by atoms with Crippen molar-refractivity contribution in [3.8, 4) is 11.1 Å². The quantitative estimate of drug-likeness (QED) is 0.337. The molecule has 3 aromatic rings. The summed E-state index contributed by atoms with van der Waals surface area (Å²) in [4.78, 5) is 27.4. The molecule has 1 atom stereocenters. The van der Waals surface area contributed by atoms with E-state index in [0.29, 0.717) is 24.7 Å². The molecule has 0 spiro atoms. The highest BCUT2D eigenvalue weighted by Gasteiger charge is 2.34. The average Bonchev–Trinajstić information content (AvgIpc) is 3.39. The molecular formula is C24H25F5N3O3Si. The second-order valence-corrected chi connectivity index (χ2v) is 11.0. The van der Waals surface area contributed by atoms with Crippen molar-refractivity contribution in [1.82, 2.24) is 14.0 Å². The Kier molecular flexibility index (Phi) is 7.37. The minimum absolute atomic E-state index is 0.0186. The monoisotopic (exact) mass is 526 g/mol. The number of aromatic nitrogens is 2. The molecule has 1 fully saturated rings. The molecule has 1 unspecified atom stereocenters. The Bertz CT molecular complexity index is 1340. The van der Waals surface area contributed by atoms with Gasteiger partial charge < -0.3 is 18.5 Å². The van der Waals surface area contributed by atoms with Crippen molar-refractivity contribution in [2.24, 2.45) is 0 Å². The lowest BCUT2D eigenvalue weighted by molar-refractivity contribution is -0.140. The van der Waals surface area contributed by atoms with Gasteiger partial charge >= 0.3 is 6.18 Å². The summed E-state index contributed by atoms with van der Waals surface area (Å²) in [6.45, 7) is 4.49. The van der Waals surface area contributed by atoms with Gasteiger partial charge in [0.1, 0.15) is 18.5 Å². The van der Waals surface area contributed by atoms with Crippen LogP contribution in [0.2, 0.25) is 13.1 Å². The lowest BCUT2D eigenvalue weighted by Crippen LogP contribution is -2.35. The summed E-state index contributed by atoms with van der Waals surface area (Å²) in [5.74, 6) is -1.84. The van der Waals surface area contributed by atoms with Crippen molar-refractivity contribution < 1.29 is 31.2 Å². The third-order valence-electron chi connectivity index (χ3n) is 6.10. The van der Waals surface area contributed by atoms with Crippen LogP contribution in [0.5, 0.6) is 0 Å². The van der Waals surface area contributed by atoms with Crippen molar-refractivity contribution in [3.05, 3.63) is 58.4 Å². The van der Waals surface area contributed by atoms with Crippen molar-refractivity contribution >= 4 is 25.9 Å². The number of hydrogen-bond acceptors (Lipinski definition) is 3. The van der Waals surface area contributed by atoms with E-state index in [0.717, 1.165) is 10.6 Å². The van der Waals surface area contributed by atoms with E-state index < -0.39 is 44.2 Å². The zero-order valence-corrected chi connectivity index (χ0v) is 20.7. The second kappa shape index (κ2) is 10.2. The Morgan fingerprint density at radius 1 is 1.19 bits per heavy atom. The first kappa shape index (κ1) is 26.1. The topological polar surface area (TPSA) is 56.5 Å². The molecule has 4 rings (SSSR count). The highest BCUT2D eigenvalue weighted by atomic mass is 28.3. The second-order valence-electron chi connectivity index (χ2n) is 8.92. The number of alkyl halides is 4. The van der Waals surface area contributed by atoms with Gasteiger partial charge in [0.25, 0.3) is 5.56 Å². The SMILES string of the molecule is C[Si](C)OCCn1cc(-c2ccc(F)c(C(F)(F)F)c2)c2c(=O)n(CC(=O)N3CCC(F)C3)ccc21. The largest absolute Gasteiger partial charge is 0.419 e. The van der Waals surface area contributed by atoms with E-state index in [1.54, 1.807) is 16.8 Å². The van der Waals surface area contributed by atoms with Crippen LogP contribution in [0.1, 0.15) is 12.0 Å². The fourth-order valence-corrected chi connectivity index (χ4v) is 4.82. The number of likely N-dealkylation sites (tertiary alicyclic amines) is 1. The van der Waals surface area contributed by atoms with Gasteiger partial charge in [-0.15, -0.1) is 0 Å². The summed E-state index contributed by atoms with van der Waals surface area (Å²) in [7, 11) is -0.983. The maximum absolute atomic E-state index is 13.9. The molecule has 36 heavy (non-hydrogen) atoms. The van der Waals surface area contributed by atoms with Gasteiger partial charge in [-0.2, -0.15) is 13.2 Å². The molecule has 3 heterocycles. The average molecular weight is 527 g/mol. The fourth-order valence-electron chi connectivity index (χ4n) is 4.32. The smallest absolute Gasteiger partial charge is 0.415 e. The van der Waals surface area contributed by atoms with E-state index in [4.69, 9.17) is 4.43 Å². The van der Waals surface area contributed by atoms with Crippen LogP contribution in [-0.2, 0) is 28.5 Å². The molecule has 1 aliphatic heterocycles. The van der Waals surface area contributed by atoms with E-state index in [1.807, 2.05) is 13.1 Å². The number of halogens is 5. The molecule has 6 nitrogen and oxygen atoms in total. The fraction of sp³-hybridized carbons (Fsp3) is 0.417. The maximum atomic E-state index is 13.9. The Hall–Kier alpha value is -2.99. The van der Waals surface area contributed by atoms with Gasteiger partial charge in [-0.1, -0.05) is 6.07 Å². The number of carbonyl (C=O) groups is 1. The highest BCUT2D eigenvalue weighted by molar-refractivity contribution is 6.48. The van der Waals surface area contributed by atoms with Gasteiger partial charge in [0, 0.05) is 31.0 Å². The van der Waals surface area contributed by atoms with Crippen LogP contribution >= 0.6 is 0 Å². The van der Waals surface area contributed by atoms with E-state index in [9.17, 15) is 31.5 Å². The maximum Gasteiger partial charge on any atom is 0.419 e. The third-order valence-corrected chi connectivity index (χ3v) is 6.88. The minimum Gasteiger partial charge on any atom is -0.415 e. The van der Waals surface area contributed by atoms with Gasteiger partial charge in [-0.3, -0.25) is 9.59 Å². The van der Waals surface area contributed by atoms with E-state index in [1.165, 1.54) is 17.2 Å². The first-order valence-electron chi connectivity index (χ1n) is 11.4. The van der Waals surface area contributed by atoms with Gasteiger partial charge in [0.05, 0.1) is 29.6 Å². The van der Waals surface area contributed by atoms with Crippen LogP contribution < -0.4 is 5.56 Å². The molecule has 1 amide bonds. The molecule has 193 valence electrons. The zero-order chi connectivity index (χ0) is 26.2. The van der Waals surface area contributed by atoms with Gasteiger partial charge in [-0.25, -0.2) is 8.78 Å². The van der Waals surface area contributed by atoms with Crippen LogP contribution in [0.15, 0.2) is 41.5 Å². The summed E-state index contributed by atoms with van der Waals surface area (Å²) in [5.41, 5.74) is -1.36. The normalized spacial score (nSPS) is 16.4.